The molecule has 2 fully saturated rings. The van der Waals surface area contributed by atoms with Gasteiger partial charge < -0.3 is 5.32 Å². The molecule has 0 spiro atoms. The molecule has 3 nitrogen and oxygen atoms in total. The zero-order valence-corrected chi connectivity index (χ0v) is 9.46. The average Bonchev–Trinajstić information content (AvgIpc) is 2.17. The first-order chi connectivity index (χ1) is 5.90. The SMILES string of the molecule is ICN1CCN2CCNCC2C1. The van der Waals surface area contributed by atoms with E-state index in [-0.39, 0.29) is 0 Å². The Kier molecular flexibility index (Phi) is 3.22. The number of alkyl halides is 1. The minimum absolute atomic E-state index is 0.780. The molecule has 1 atom stereocenters. The Morgan fingerprint density at radius 1 is 1.33 bits per heavy atom. The van der Waals surface area contributed by atoms with Gasteiger partial charge in [-0.2, -0.15) is 0 Å². The molecule has 0 saturated carbocycles. The Morgan fingerprint density at radius 2 is 2.25 bits per heavy atom. The molecule has 70 valence electrons. The Hall–Kier alpha value is 0.610. The van der Waals surface area contributed by atoms with Crippen LogP contribution in [-0.4, -0.2) is 59.7 Å². The molecule has 0 amide bonds. The summed E-state index contributed by atoms with van der Waals surface area (Å²) in [5, 5.41) is 3.46. The fourth-order valence-electron chi connectivity index (χ4n) is 2.05. The van der Waals surface area contributed by atoms with Crippen LogP contribution in [0.15, 0.2) is 0 Å². The topological polar surface area (TPSA) is 18.5 Å². The monoisotopic (exact) mass is 281 g/mol. The largest absolute Gasteiger partial charge is 0.314 e. The van der Waals surface area contributed by atoms with Gasteiger partial charge in [0.15, 0.2) is 0 Å². The maximum Gasteiger partial charge on any atom is 0.0506 e. The highest BCUT2D eigenvalue weighted by atomic mass is 127. The van der Waals surface area contributed by atoms with Crippen LogP contribution in [0.3, 0.4) is 0 Å². The van der Waals surface area contributed by atoms with Crippen LogP contribution in [0.1, 0.15) is 0 Å². The van der Waals surface area contributed by atoms with Crippen molar-refractivity contribution in [3.8, 4) is 0 Å². The lowest BCUT2D eigenvalue weighted by Crippen LogP contribution is -2.60. The molecule has 0 aliphatic carbocycles. The highest BCUT2D eigenvalue weighted by molar-refractivity contribution is 14.1. The molecule has 0 bridgehead atoms. The first kappa shape index (κ1) is 9.18. The first-order valence-electron chi connectivity index (χ1n) is 4.63. The second kappa shape index (κ2) is 4.21. The van der Waals surface area contributed by atoms with Crippen molar-refractivity contribution >= 4 is 22.6 Å². The van der Waals surface area contributed by atoms with Crippen LogP contribution in [0, 0.1) is 0 Å². The van der Waals surface area contributed by atoms with Crippen LogP contribution in [0.5, 0.6) is 0 Å². The predicted octanol–water partition coefficient (Wildman–Crippen LogP) is -0.0317. The number of piperazine rings is 2. The van der Waals surface area contributed by atoms with E-state index in [9.17, 15) is 0 Å². The second-order valence-corrected chi connectivity index (χ2v) is 4.27. The van der Waals surface area contributed by atoms with E-state index >= 15 is 0 Å². The Labute approximate surface area is 87.6 Å². The lowest BCUT2D eigenvalue weighted by atomic mass is 10.1. The summed E-state index contributed by atoms with van der Waals surface area (Å²) in [6.07, 6.45) is 0. The summed E-state index contributed by atoms with van der Waals surface area (Å²) in [7, 11) is 0. The molecule has 4 heteroatoms. The predicted molar refractivity (Wildman–Crippen MR) is 58.7 cm³/mol. The van der Waals surface area contributed by atoms with Crippen molar-refractivity contribution in [3.05, 3.63) is 0 Å². The Bertz CT molecular complexity index is 153. The van der Waals surface area contributed by atoms with Crippen LogP contribution in [0.4, 0.5) is 0 Å². The van der Waals surface area contributed by atoms with Crippen molar-refractivity contribution in [3.63, 3.8) is 0 Å². The summed E-state index contributed by atoms with van der Waals surface area (Å²) in [5.41, 5.74) is 0. The average molecular weight is 281 g/mol. The van der Waals surface area contributed by atoms with Gasteiger partial charge in [-0.3, -0.25) is 9.80 Å². The van der Waals surface area contributed by atoms with E-state index in [4.69, 9.17) is 0 Å². The summed E-state index contributed by atoms with van der Waals surface area (Å²) >= 11 is 2.46. The van der Waals surface area contributed by atoms with Crippen molar-refractivity contribution < 1.29 is 0 Å². The minimum atomic E-state index is 0.780. The fourth-order valence-corrected chi connectivity index (χ4v) is 2.66. The summed E-state index contributed by atoms with van der Waals surface area (Å²) in [5.74, 6) is 0. The molecule has 2 aliphatic heterocycles. The van der Waals surface area contributed by atoms with Crippen LogP contribution < -0.4 is 5.32 Å². The molecule has 1 unspecified atom stereocenters. The summed E-state index contributed by atoms with van der Waals surface area (Å²) < 4.78 is 1.18. The highest BCUT2D eigenvalue weighted by Gasteiger charge is 2.27. The van der Waals surface area contributed by atoms with Gasteiger partial charge in [0.2, 0.25) is 0 Å². The molecule has 0 aromatic carbocycles. The highest BCUT2D eigenvalue weighted by Crippen LogP contribution is 2.11. The van der Waals surface area contributed by atoms with Crippen LogP contribution in [0.25, 0.3) is 0 Å². The molecule has 2 heterocycles. The van der Waals surface area contributed by atoms with Crippen LogP contribution in [0.2, 0.25) is 0 Å². The minimum Gasteiger partial charge on any atom is -0.314 e. The lowest BCUT2D eigenvalue weighted by molar-refractivity contribution is 0.0701. The molecular formula is C8H16IN3. The number of rotatable bonds is 1. The van der Waals surface area contributed by atoms with Gasteiger partial charge in [-0.25, -0.2) is 0 Å². The van der Waals surface area contributed by atoms with E-state index in [2.05, 4.69) is 37.7 Å². The maximum absolute atomic E-state index is 3.46. The molecular weight excluding hydrogens is 265 g/mol. The van der Waals surface area contributed by atoms with Gasteiger partial charge in [-0.15, -0.1) is 0 Å². The Balaban J connectivity index is 1.90. The van der Waals surface area contributed by atoms with Crippen molar-refractivity contribution in [1.29, 1.82) is 0 Å². The van der Waals surface area contributed by atoms with E-state index in [1.165, 1.54) is 43.8 Å². The van der Waals surface area contributed by atoms with Gasteiger partial charge in [-0.1, -0.05) is 22.6 Å². The lowest BCUT2D eigenvalue weighted by Gasteiger charge is -2.43. The number of hydrogen-bond donors (Lipinski definition) is 1. The van der Waals surface area contributed by atoms with E-state index in [0.29, 0.717) is 0 Å². The van der Waals surface area contributed by atoms with Crippen molar-refractivity contribution in [2.24, 2.45) is 0 Å². The van der Waals surface area contributed by atoms with Gasteiger partial charge in [-0.05, 0) is 0 Å². The zero-order chi connectivity index (χ0) is 8.39. The van der Waals surface area contributed by atoms with Crippen LogP contribution >= 0.6 is 22.6 Å². The molecule has 0 aromatic heterocycles. The van der Waals surface area contributed by atoms with E-state index in [1.54, 1.807) is 0 Å². The van der Waals surface area contributed by atoms with Gasteiger partial charge in [0.1, 0.15) is 0 Å². The standard InChI is InChI=1S/C8H16IN3/c9-7-11-3-4-12-2-1-10-5-8(12)6-11/h8,10H,1-7H2. The molecule has 12 heavy (non-hydrogen) atoms. The van der Waals surface area contributed by atoms with Gasteiger partial charge >= 0.3 is 0 Å². The molecule has 2 rings (SSSR count). The molecule has 0 radical (unpaired) electrons. The maximum atomic E-state index is 3.46. The fraction of sp³-hybridized carbons (Fsp3) is 1.00. The molecule has 2 saturated heterocycles. The Morgan fingerprint density at radius 3 is 3.08 bits per heavy atom. The smallest absolute Gasteiger partial charge is 0.0506 e. The third kappa shape index (κ3) is 1.92. The summed E-state index contributed by atoms with van der Waals surface area (Å²) in [6, 6.07) is 0.780. The number of hydrogen-bond acceptors (Lipinski definition) is 3. The summed E-state index contributed by atoms with van der Waals surface area (Å²) in [6.45, 7) is 7.42. The van der Waals surface area contributed by atoms with Crippen molar-refractivity contribution in [2.45, 2.75) is 6.04 Å². The normalized spacial score (nSPS) is 33.2. The number of fused-ring (bicyclic) bond motifs is 1. The molecule has 0 aromatic rings. The first-order valence-corrected chi connectivity index (χ1v) is 6.16. The molecule has 2 aliphatic rings. The quantitative estimate of drug-likeness (QED) is 0.414. The number of nitrogens with one attached hydrogen (secondary N) is 1. The van der Waals surface area contributed by atoms with Crippen LogP contribution in [-0.2, 0) is 0 Å². The second-order valence-electron chi connectivity index (χ2n) is 3.59. The van der Waals surface area contributed by atoms with E-state index in [0.717, 1.165) is 6.04 Å². The number of nitrogens with zero attached hydrogens (tertiary/aromatic N) is 2. The van der Waals surface area contributed by atoms with Gasteiger partial charge in [0.05, 0.1) is 4.55 Å². The zero-order valence-electron chi connectivity index (χ0n) is 7.30. The third-order valence-corrected chi connectivity index (χ3v) is 3.78. The van der Waals surface area contributed by atoms with E-state index < -0.39 is 0 Å². The van der Waals surface area contributed by atoms with E-state index in [1.807, 2.05) is 0 Å². The molecule has 1 N–H and O–H groups in total. The van der Waals surface area contributed by atoms with Crippen molar-refractivity contribution in [1.82, 2.24) is 15.1 Å². The van der Waals surface area contributed by atoms with Gasteiger partial charge in [0, 0.05) is 45.3 Å². The summed E-state index contributed by atoms with van der Waals surface area (Å²) in [4.78, 5) is 5.16. The third-order valence-electron chi connectivity index (χ3n) is 2.81. The number of halogens is 1. The van der Waals surface area contributed by atoms with Gasteiger partial charge in [0.25, 0.3) is 0 Å². The van der Waals surface area contributed by atoms with Crippen molar-refractivity contribution in [2.75, 3.05) is 43.8 Å².